The molecule has 2 aliphatic rings. The second kappa shape index (κ2) is 9.06. The molecule has 0 atom stereocenters. The van der Waals surface area contributed by atoms with Gasteiger partial charge in [0.1, 0.15) is 0 Å². The number of carbonyl (C=O) groups is 1. The molecule has 0 N–H and O–H groups in total. The summed E-state index contributed by atoms with van der Waals surface area (Å²) in [5, 5.41) is 0. The molecule has 1 saturated heterocycles. The van der Waals surface area contributed by atoms with Crippen LogP contribution in [0.4, 0.5) is 18.9 Å². The third kappa shape index (κ3) is 4.48. The highest BCUT2D eigenvalue weighted by Crippen LogP contribution is 2.35. The maximum atomic E-state index is 13.0. The summed E-state index contributed by atoms with van der Waals surface area (Å²) in [6.45, 7) is 3.17. The predicted octanol–water partition coefficient (Wildman–Crippen LogP) is 5.55. The molecule has 174 valence electrons. The molecule has 0 radical (unpaired) electrons. The zero-order valence-corrected chi connectivity index (χ0v) is 18.4. The van der Waals surface area contributed by atoms with E-state index in [-0.39, 0.29) is 12.2 Å². The summed E-state index contributed by atoms with van der Waals surface area (Å²) in [5.74, 6) is -0.0290. The van der Waals surface area contributed by atoms with Crippen LogP contribution in [-0.4, -0.2) is 37.1 Å². The van der Waals surface area contributed by atoms with Gasteiger partial charge in [-0.1, -0.05) is 30.3 Å². The molecule has 2 aromatic carbocycles. The zero-order valence-electron chi connectivity index (χ0n) is 18.4. The number of rotatable bonds is 4. The first-order valence-electron chi connectivity index (χ1n) is 11.2. The third-order valence-electron chi connectivity index (χ3n) is 6.30. The van der Waals surface area contributed by atoms with Gasteiger partial charge in [0.05, 0.1) is 24.5 Å². The highest BCUT2D eigenvalue weighted by Gasteiger charge is 2.30. The Morgan fingerprint density at radius 2 is 1.65 bits per heavy atom. The molecule has 1 aliphatic carbocycles. The van der Waals surface area contributed by atoms with E-state index in [4.69, 9.17) is 4.74 Å². The third-order valence-corrected chi connectivity index (χ3v) is 6.30. The van der Waals surface area contributed by atoms with E-state index in [0.29, 0.717) is 28.8 Å². The van der Waals surface area contributed by atoms with Crippen LogP contribution in [0.1, 0.15) is 44.7 Å². The van der Waals surface area contributed by atoms with Crippen molar-refractivity contribution in [2.75, 3.05) is 31.2 Å². The van der Waals surface area contributed by atoms with Gasteiger partial charge in [-0.3, -0.25) is 9.78 Å². The molecule has 7 heteroatoms. The topological polar surface area (TPSA) is 42.4 Å². The second-order valence-electron chi connectivity index (χ2n) is 8.44. The number of ketones is 1. The zero-order chi connectivity index (χ0) is 23.7. The Hall–Kier alpha value is -3.45. The SMILES string of the molecule is O=C1CC=C(c2ccc(C(F)(F)F)cc2)c2ccnc(Cc3ccc(N4CCOCC4)cc3)c21. The van der Waals surface area contributed by atoms with E-state index >= 15 is 0 Å². The number of aromatic nitrogens is 1. The maximum Gasteiger partial charge on any atom is 0.416 e. The Morgan fingerprint density at radius 1 is 0.941 bits per heavy atom. The van der Waals surface area contributed by atoms with Gasteiger partial charge in [-0.25, -0.2) is 0 Å². The van der Waals surface area contributed by atoms with Gasteiger partial charge < -0.3 is 9.64 Å². The normalized spacial score (nSPS) is 16.3. The fraction of sp³-hybridized carbons (Fsp3) is 0.259. The van der Waals surface area contributed by atoms with Crippen molar-refractivity contribution < 1.29 is 22.7 Å². The molecule has 1 aromatic heterocycles. The van der Waals surface area contributed by atoms with E-state index < -0.39 is 11.7 Å². The molecule has 0 amide bonds. The summed E-state index contributed by atoms with van der Waals surface area (Å²) in [6, 6.07) is 15.1. The van der Waals surface area contributed by atoms with Crippen molar-refractivity contribution in [1.29, 1.82) is 0 Å². The van der Waals surface area contributed by atoms with Gasteiger partial charge in [0.15, 0.2) is 5.78 Å². The number of carbonyl (C=O) groups excluding carboxylic acids is 1. The number of halogens is 3. The molecule has 1 fully saturated rings. The second-order valence-corrected chi connectivity index (χ2v) is 8.44. The summed E-state index contributed by atoms with van der Waals surface area (Å²) in [7, 11) is 0. The minimum absolute atomic E-state index is 0.0290. The monoisotopic (exact) mass is 464 g/mol. The average Bonchev–Trinajstić information content (AvgIpc) is 2.85. The van der Waals surface area contributed by atoms with Gasteiger partial charge in [0, 0.05) is 43.4 Å². The summed E-state index contributed by atoms with van der Waals surface area (Å²) < 4.78 is 44.3. The summed E-state index contributed by atoms with van der Waals surface area (Å²) >= 11 is 0. The summed E-state index contributed by atoms with van der Waals surface area (Å²) in [4.78, 5) is 19.6. The van der Waals surface area contributed by atoms with E-state index in [1.165, 1.54) is 12.1 Å². The quantitative estimate of drug-likeness (QED) is 0.508. The number of pyridine rings is 1. The molecule has 5 rings (SSSR count). The molecule has 1 aliphatic heterocycles. The van der Waals surface area contributed by atoms with E-state index in [2.05, 4.69) is 22.0 Å². The first-order chi connectivity index (χ1) is 16.4. The van der Waals surface area contributed by atoms with E-state index in [1.807, 2.05) is 12.1 Å². The Labute approximate surface area is 195 Å². The van der Waals surface area contributed by atoms with Crippen molar-refractivity contribution in [1.82, 2.24) is 4.98 Å². The predicted molar refractivity (Wildman–Crippen MR) is 124 cm³/mol. The van der Waals surface area contributed by atoms with Crippen molar-refractivity contribution in [3.05, 3.63) is 100 Å². The number of morpholine rings is 1. The molecule has 0 spiro atoms. The van der Waals surface area contributed by atoms with Crippen LogP contribution in [-0.2, 0) is 17.3 Å². The smallest absolute Gasteiger partial charge is 0.378 e. The number of nitrogens with zero attached hydrogens (tertiary/aromatic N) is 2. The van der Waals surface area contributed by atoms with Crippen LogP contribution in [0.15, 0.2) is 66.9 Å². The number of hydrogen-bond donors (Lipinski definition) is 0. The lowest BCUT2D eigenvalue weighted by Crippen LogP contribution is -2.36. The summed E-state index contributed by atoms with van der Waals surface area (Å²) in [5.41, 5.74) is 4.83. The van der Waals surface area contributed by atoms with Crippen LogP contribution in [0, 0.1) is 0 Å². The van der Waals surface area contributed by atoms with Crippen LogP contribution in [0.5, 0.6) is 0 Å². The molecule has 0 unspecified atom stereocenters. The number of alkyl halides is 3. The lowest BCUT2D eigenvalue weighted by Gasteiger charge is -2.29. The van der Waals surface area contributed by atoms with Gasteiger partial charge in [0.25, 0.3) is 0 Å². The maximum absolute atomic E-state index is 13.0. The number of benzene rings is 2. The van der Waals surface area contributed by atoms with Crippen LogP contribution >= 0.6 is 0 Å². The van der Waals surface area contributed by atoms with Crippen molar-refractivity contribution in [2.45, 2.75) is 19.0 Å². The molecule has 3 aromatic rings. The highest BCUT2D eigenvalue weighted by atomic mass is 19.4. The van der Waals surface area contributed by atoms with Crippen LogP contribution in [0.25, 0.3) is 5.57 Å². The number of anilines is 1. The summed E-state index contributed by atoms with van der Waals surface area (Å²) in [6.07, 6.45) is -0.251. The molecule has 34 heavy (non-hydrogen) atoms. The van der Waals surface area contributed by atoms with Crippen LogP contribution in [0.2, 0.25) is 0 Å². The molecule has 0 saturated carbocycles. The van der Waals surface area contributed by atoms with Gasteiger partial charge in [0.2, 0.25) is 0 Å². The van der Waals surface area contributed by atoms with Crippen molar-refractivity contribution in [3.8, 4) is 0 Å². The fourth-order valence-corrected chi connectivity index (χ4v) is 4.53. The largest absolute Gasteiger partial charge is 0.416 e. The minimum Gasteiger partial charge on any atom is -0.378 e. The molecule has 2 heterocycles. The average molecular weight is 464 g/mol. The van der Waals surface area contributed by atoms with E-state index in [9.17, 15) is 18.0 Å². The van der Waals surface area contributed by atoms with Crippen molar-refractivity contribution >= 4 is 17.0 Å². The lowest BCUT2D eigenvalue weighted by atomic mass is 9.84. The van der Waals surface area contributed by atoms with Crippen molar-refractivity contribution in [2.24, 2.45) is 0 Å². The highest BCUT2D eigenvalue weighted by molar-refractivity contribution is 6.07. The fourth-order valence-electron chi connectivity index (χ4n) is 4.53. The van der Waals surface area contributed by atoms with Gasteiger partial charge in [-0.05, 0) is 52.6 Å². The van der Waals surface area contributed by atoms with E-state index in [1.54, 1.807) is 18.3 Å². The lowest BCUT2D eigenvalue weighted by molar-refractivity contribution is -0.137. The molecular formula is C27H23F3N2O2. The van der Waals surface area contributed by atoms with E-state index in [0.717, 1.165) is 55.3 Å². The first kappa shape index (κ1) is 22.3. The number of ether oxygens (including phenoxy) is 1. The van der Waals surface area contributed by atoms with Crippen molar-refractivity contribution in [3.63, 3.8) is 0 Å². The Balaban J connectivity index is 1.42. The molecule has 4 nitrogen and oxygen atoms in total. The first-order valence-corrected chi connectivity index (χ1v) is 11.2. The van der Waals surface area contributed by atoms with Gasteiger partial charge >= 0.3 is 6.18 Å². The Kier molecular flexibility index (Phi) is 5.96. The van der Waals surface area contributed by atoms with Gasteiger partial charge in [-0.15, -0.1) is 0 Å². The number of fused-ring (bicyclic) bond motifs is 1. The Morgan fingerprint density at radius 3 is 2.32 bits per heavy atom. The molecule has 0 bridgehead atoms. The minimum atomic E-state index is -4.39. The standard InChI is InChI=1S/C27H23F3N2O2/c28-27(29,30)20-5-3-19(4-6-20)22-9-10-25(33)26-23(22)11-12-31-24(26)17-18-1-7-21(8-2-18)32-13-15-34-16-14-32/h1-9,11-12H,10,13-17H2. The number of Topliss-reactive ketones (excluding diaryl/α,β-unsaturated/α-hetero) is 1. The number of allylic oxidation sites excluding steroid dienone is 1. The Bertz CT molecular complexity index is 1230. The molecular weight excluding hydrogens is 441 g/mol. The van der Waals surface area contributed by atoms with Crippen LogP contribution in [0.3, 0.4) is 0 Å². The van der Waals surface area contributed by atoms with Gasteiger partial charge in [-0.2, -0.15) is 13.2 Å². The van der Waals surface area contributed by atoms with Crippen LogP contribution < -0.4 is 4.90 Å². The number of hydrogen-bond acceptors (Lipinski definition) is 4.